The lowest BCUT2D eigenvalue weighted by molar-refractivity contribution is -0.148. The lowest BCUT2D eigenvalue weighted by atomic mass is 10.0. The first-order valence-electron chi connectivity index (χ1n) is 6.31. The lowest BCUT2D eigenvalue weighted by Crippen LogP contribution is -2.25. The number of halogens is 1. The van der Waals surface area contributed by atoms with Crippen LogP contribution in [0.15, 0.2) is 24.3 Å². The molecule has 0 aliphatic carbocycles. The van der Waals surface area contributed by atoms with Crippen molar-refractivity contribution in [3.8, 4) is 6.07 Å². The highest BCUT2D eigenvalue weighted by Crippen LogP contribution is 2.06. The third kappa shape index (κ3) is 5.53. The summed E-state index contributed by atoms with van der Waals surface area (Å²) < 4.78 is 17.5. The second-order valence-electron chi connectivity index (χ2n) is 4.50. The number of rotatable bonds is 7. The number of hydrogen-bond acceptors (Lipinski definition) is 5. The predicted octanol–water partition coefficient (Wildman–Crippen LogP) is 2.05. The van der Waals surface area contributed by atoms with Crippen LogP contribution in [0.3, 0.4) is 0 Å². The van der Waals surface area contributed by atoms with Crippen LogP contribution in [-0.4, -0.2) is 24.1 Å². The average Bonchev–Trinajstić information content (AvgIpc) is 2.45. The van der Waals surface area contributed by atoms with Gasteiger partial charge in [-0.25, -0.2) is 4.39 Å². The summed E-state index contributed by atoms with van der Waals surface area (Å²) in [6.45, 7) is 0.832. The maximum Gasteiger partial charge on any atom is 0.306 e. The van der Waals surface area contributed by atoms with Gasteiger partial charge in [-0.2, -0.15) is 5.26 Å². The van der Waals surface area contributed by atoms with E-state index >= 15 is 0 Å². The molecule has 0 heterocycles. The van der Waals surface area contributed by atoms with E-state index in [4.69, 9.17) is 15.4 Å². The zero-order valence-electron chi connectivity index (χ0n) is 11.6. The van der Waals surface area contributed by atoms with Gasteiger partial charge in [0.2, 0.25) is 0 Å². The molecule has 110 valence electrons. The van der Waals surface area contributed by atoms with Crippen molar-refractivity contribution in [1.29, 1.82) is 10.7 Å². The fourth-order valence-corrected chi connectivity index (χ4v) is 1.61. The van der Waals surface area contributed by atoms with Crippen LogP contribution in [-0.2, 0) is 20.7 Å². The molecule has 1 aromatic carbocycles. The number of carbonyl (C=O) groups is 2. The molecule has 6 heteroatoms. The summed E-state index contributed by atoms with van der Waals surface area (Å²) in [7, 11) is 0. The van der Waals surface area contributed by atoms with Crippen molar-refractivity contribution in [2.75, 3.05) is 6.61 Å². The number of nitrogens with one attached hydrogen (secondary N) is 1. The van der Waals surface area contributed by atoms with E-state index < -0.39 is 24.3 Å². The fraction of sp³-hybridized carbons (Fsp3) is 0.333. The highest BCUT2D eigenvalue weighted by atomic mass is 19.1. The molecule has 1 aromatic rings. The molecule has 1 N–H and O–H groups in total. The first-order valence-corrected chi connectivity index (χ1v) is 6.31. The van der Waals surface area contributed by atoms with Crippen molar-refractivity contribution in [3.05, 3.63) is 35.6 Å². The molecule has 0 fully saturated rings. The molecule has 1 rings (SSSR count). The van der Waals surface area contributed by atoms with Gasteiger partial charge in [0.05, 0.1) is 6.07 Å². The van der Waals surface area contributed by atoms with E-state index in [0.29, 0.717) is 6.42 Å². The number of nitriles is 1. The topological polar surface area (TPSA) is 91.0 Å². The highest BCUT2D eigenvalue weighted by molar-refractivity contribution is 6.05. The van der Waals surface area contributed by atoms with E-state index in [-0.39, 0.29) is 17.9 Å². The molecule has 1 atom stereocenters. The van der Waals surface area contributed by atoms with Crippen LogP contribution >= 0.6 is 0 Å². The summed E-state index contributed by atoms with van der Waals surface area (Å²) in [6.07, 6.45) is 0.429. The Kier molecular flexibility index (Phi) is 6.21. The zero-order valence-corrected chi connectivity index (χ0v) is 11.6. The first-order chi connectivity index (χ1) is 9.93. The van der Waals surface area contributed by atoms with Crippen molar-refractivity contribution >= 4 is 17.5 Å². The van der Waals surface area contributed by atoms with E-state index in [2.05, 4.69) is 0 Å². The molecule has 0 spiro atoms. The van der Waals surface area contributed by atoms with Crippen LogP contribution in [0.2, 0.25) is 0 Å². The number of aryl methyl sites for hydroxylation is 1. The van der Waals surface area contributed by atoms with E-state index in [1.54, 1.807) is 18.2 Å². The molecule has 0 aliphatic rings. The van der Waals surface area contributed by atoms with Crippen LogP contribution < -0.4 is 0 Å². The number of hydrogen-bond donors (Lipinski definition) is 1. The largest absolute Gasteiger partial charge is 0.458 e. The minimum atomic E-state index is -1.17. The maximum absolute atomic E-state index is 12.7. The Bertz CT molecular complexity index is 576. The molecular formula is C15H15FN2O3. The SMILES string of the molecule is CC(=N)C(C#N)C(=O)COC(=O)CCc1ccc(F)cc1. The summed E-state index contributed by atoms with van der Waals surface area (Å²) in [5.41, 5.74) is 0.703. The zero-order chi connectivity index (χ0) is 15.8. The predicted molar refractivity (Wildman–Crippen MR) is 73.2 cm³/mol. The number of Topliss-reactive ketones (excluding diaryl/α,β-unsaturated/α-hetero) is 1. The Morgan fingerprint density at radius 3 is 2.52 bits per heavy atom. The molecule has 0 bridgehead atoms. The second-order valence-corrected chi connectivity index (χ2v) is 4.50. The Labute approximate surface area is 121 Å². The van der Waals surface area contributed by atoms with Crippen LogP contribution in [0.4, 0.5) is 4.39 Å². The summed E-state index contributed by atoms with van der Waals surface area (Å²) in [6, 6.07) is 7.42. The Balaban J connectivity index is 2.38. The fourth-order valence-electron chi connectivity index (χ4n) is 1.61. The number of nitrogens with zero attached hydrogens (tertiary/aromatic N) is 1. The second kappa shape index (κ2) is 7.90. The Morgan fingerprint density at radius 2 is 2.00 bits per heavy atom. The molecule has 1 unspecified atom stereocenters. The van der Waals surface area contributed by atoms with Gasteiger partial charge in [-0.1, -0.05) is 12.1 Å². The normalized spacial score (nSPS) is 11.3. The molecular weight excluding hydrogens is 275 g/mol. The van der Waals surface area contributed by atoms with Gasteiger partial charge < -0.3 is 10.1 Å². The number of ether oxygens (including phenoxy) is 1. The maximum atomic E-state index is 12.7. The van der Waals surface area contributed by atoms with Crippen molar-refractivity contribution in [3.63, 3.8) is 0 Å². The number of ketones is 1. The van der Waals surface area contributed by atoms with Gasteiger partial charge in [0, 0.05) is 12.1 Å². The van der Waals surface area contributed by atoms with Crippen molar-refractivity contribution in [2.45, 2.75) is 19.8 Å². The molecule has 21 heavy (non-hydrogen) atoms. The van der Waals surface area contributed by atoms with Gasteiger partial charge in [-0.15, -0.1) is 0 Å². The van der Waals surface area contributed by atoms with E-state index in [1.807, 2.05) is 0 Å². The smallest absolute Gasteiger partial charge is 0.306 e. The van der Waals surface area contributed by atoms with E-state index in [1.165, 1.54) is 19.1 Å². The van der Waals surface area contributed by atoms with Gasteiger partial charge in [0.1, 0.15) is 11.7 Å². The summed E-state index contributed by atoms with van der Waals surface area (Å²) >= 11 is 0. The van der Waals surface area contributed by atoms with Crippen LogP contribution in [0.1, 0.15) is 18.9 Å². The molecule has 0 aliphatic heterocycles. The van der Waals surface area contributed by atoms with Gasteiger partial charge >= 0.3 is 5.97 Å². The number of benzene rings is 1. The van der Waals surface area contributed by atoms with E-state index in [9.17, 15) is 14.0 Å². The summed E-state index contributed by atoms with van der Waals surface area (Å²) in [5.74, 6) is -2.71. The van der Waals surface area contributed by atoms with Crippen molar-refractivity contribution in [1.82, 2.24) is 0 Å². The number of carbonyl (C=O) groups excluding carboxylic acids is 2. The highest BCUT2D eigenvalue weighted by Gasteiger charge is 2.21. The van der Waals surface area contributed by atoms with Crippen molar-refractivity contribution in [2.24, 2.45) is 5.92 Å². The van der Waals surface area contributed by atoms with Gasteiger partial charge in [-0.3, -0.25) is 9.59 Å². The van der Waals surface area contributed by atoms with Gasteiger partial charge in [-0.05, 0) is 31.0 Å². The minimum absolute atomic E-state index is 0.0553. The van der Waals surface area contributed by atoms with E-state index in [0.717, 1.165) is 5.56 Å². The molecule has 0 aromatic heterocycles. The van der Waals surface area contributed by atoms with Crippen LogP contribution in [0.5, 0.6) is 0 Å². The third-order valence-electron chi connectivity index (χ3n) is 2.79. The summed E-state index contributed by atoms with van der Waals surface area (Å²) in [4.78, 5) is 23.0. The summed E-state index contributed by atoms with van der Waals surface area (Å²) in [5, 5.41) is 16.0. The quantitative estimate of drug-likeness (QED) is 0.614. The van der Waals surface area contributed by atoms with Crippen LogP contribution in [0, 0.1) is 28.5 Å². The third-order valence-corrected chi connectivity index (χ3v) is 2.79. The average molecular weight is 290 g/mol. The Morgan fingerprint density at radius 1 is 1.38 bits per heavy atom. The molecule has 0 saturated carbocycles. The van der Waals surface area contributed by atoms with Crippen LogP contribution in [0.25, 0.3) is 0 Å². The molecule has 0 amide bonds. The Hall–Kier alpha value is -2.55. The lowest BCUT2D eigenvalue weighted by Gasteiger charge is -2.07. The number of esters is 1. The molecule has 0 saturated heterocycles. The standard InChI is InChI=1S/C15H15FN2O3/c1-10(18)13(8-17)14(19)9-21-15(20)7-4-11-2-5-12(16)6-3-11/h2-3,5-6,13,18H,4,7,9H2,1H3. The minimum Gasteiger partial charge on any atom is -0.458 e. The first kappa shape index (κ1) is 16.5. The molecule has 0 radical (unpaired) electrons. The van der Waals surface area contributed by atoms with Gasteiger partial charge in [0.25, 0.3) is 0 Å². The molecule has 5 nitrogen and oxygen atoms in total. The van der Waals surface area contributed by atoms with Crippen molar-refractivity contribution < 1.29 is 18.7 Å². The van der Waals surface area contributed by atoms with Gasteiger partial charge in [0.15, 0.2) is 12.4 Å². The monoisotopic (exact) mass is 290 g/mol.